The Morgan fingerprint density at radius 2 is 1.77 bits per heavy atom. The molecular formula is C20H18FN3O5S. The standard InChI is InChI=1S/C20H18FN3O5S/c21-15-3-1-14(2-4-15)17-12-20(25)24(13-22-17)8-7-23-30(26,27)16-5-6-18-19(11-16)29-10-9-28-18/h1-6,11-13,23H,7-10H2. The number of hydrogen-bond donors (Lipinski definition) is 1. The first kappa shape index (κ1) is 20.0. The number of fused-ring (bicyclic) bond motifs is 1. The molecule has 2 aromatic carbocycles. The largest absolute Gasteiger partial charge is 0.486 e. The van der Waals surface area contributed by atoms with Gasteiger partial charge in [-0.3, -0.25) is 9.36 Å². The summed E-state index contributed by atoms with van der Waals surface area (Å²) in [6.07, 6.45) is 1.33. The molecule has 30 heavy (non-hydrogen) atoms. The van der Waals surface area contributed by atoms with Crippen molar-refractivity contribution in [2.45, 2.75) is 11.4 Å². The smallest absolute Gasteiger partial charge is 0.253 e. The fourth-order valence-corrected chi connectivity index (χ4v) is 3.98. The van der Waals surface area contributed by atoms with E-state index in [9.17, 15) is 17.6 Å². The molecule has 4 rings (SSSR count). The van der Waals surface area contributed by atoms with Crippen molar-refractivity contribution in [2.24, 2.45) is 0 Å². The third-order valence-corrected chi connectivity index (χ3v) is 5.95. The number of ether oxygens (including phenoxy) is 2. The van der Waals surface area contributed by atoms with Crippen LogP contribution in [0.25, 0.3) is 11.3 Å². The second-order valence-corrected chi connectivity index (χ2v) is 8.28. The van der Waals surface area contributed by atoms with E-state index in [1.807, 2.05) is 0 Å². The molecule has 156 valence electrons. The summed E-state index contributed by atoms with van der Waals surface area (Å²) in [5, 5.41) is 0. The lowest BCUT2D eigenvalue weighted by Crippen LogP contribution is -2.31. The molecule has 2 heterocycles. The van der Waals surface area contributed by atoms with Gasteiger partial charge in [-0.1, -0.05) is 0 Å². The van der Waals surface area contributed by atoms with Gasteiger partial charge < -0.3 is 9.47 Å². The number of sulfonamides is 1. The molecule has 1 N–H and O–H groups in total. The van der Waals surface area contributed by atoms with Gasteiger partial charge in [-0.15, -0.1) is 0 Å². The fraction of sp³-hybridized carbons (Fsp3) is 0.200. The summed E-state index contributed by atoms with van der Waals surface area (Å²) in [7, 11) is -3.79. The molecule has 0 saturated heterocycles. The van der Waals surface area contributed by atoms with E-state index in [1.54, 1.807) is 6.07 Å². The van der Waals surface area contributed by atoms with Crippen molar-refractivity contribution in [3.8, 4) is 22.8 Å². The van der Waals surface area contributed by atoms with Crippen LogP contribution in [0, 0.1) is 5.82 Å². The molecule has 0 bridgehead atoms. The molecule has 3 aromatic rings. The molecule has 0 amide bonds. The SMILES string of the molecule is O=c1cc(-c2ccc(F)cc2)ncn1CCNS(=O)(=O)c1ccc2c(c1)OCCO2. The Hall–Kier alpha value is -3.24. The van der Waals surface area contributed by atoms with Crippen molar-refractivity contribution in [3.05, 3.63) is 71.0 Å². The van der Waals surface area contributed by atoms with Crippen LogP contribution in [0.4, 0.5) is 4.39 Å². The van der Waals surface area contributed by atoms with Gasteiger partial charge in [-0.05, 0) is 36.4 Å². The van der Waals surface area contributed by atoms with Crippen LogP contribution >= 0.6 is 0 Å². The highest BCUT2D eigenvalue weighted by atomic mass is 32.2. The second-order valence-electron chi connectivity index (χ2n) is 6.52. The summed E-state index contributed by atoms with van der Waals surface area (Å²) in [6.45, 7) is 0.863. The first-order valence-corrected chi connectivity index (χ1v) is 10.6. The van der Waals surface area contributed by atoms with Crippen molar-refractivity contribution >= 4 is 10.0 Å². The van der Waals surface area contributed by atoms with E-state index in [1.165, 1.54) is 53.4 Å². The van der Waals surface area contributed by atoms with Crippen LogP contribution < -0.4 is 19.8 Å². The summed E-state index contributed by atoms with van der Waals surface area (Å²) >= 11 is 0. The first-order chi connectivity index (χ1) is 14.4. The number of nitrogens with zero attached hydrogens (tertiary/aromatic N) is 2. The highest BCUT2D eigenvalue weighted by Gasteiger charge is 2.19. The number of nitrogens with one attached hydrogen (secondary N) is 1. The predicted octanol–water partition coefficient (Wildman–Crippen LogP) is 1.80. The molecule has 1 aliphatic heterocycles. The van der Waals surface area contributed by atoms with Crippen LogP contribution in [0.3, 0.4) is 0 Å². The Balaban J connectivity index is 1.42. The summed E-state index contributed by atoms with van der Waals surface area (Å²) in [5.74, 6) is 0.498. The molecule has 8 nitrogen and oxygen atoms in total. The van der Waals surface area contributed by atoms with E-state index in [-0.39, 0.29) is 29.4 Å². The Bertz CT molecular complexity index is 1230. The van der Waals surface area contributed by atoms with Gasteiger partial charge in [0.25, 0.3) is 5.56 Å². The Labute approximate surface area is 172 Å². The van der Waals surface area contributed by atoms with Gasteiger partial charge in [0.1, 0.15) is 19.0 Å². The molecule has 0 radical (unpaired) electrons. The fourth-order valence-electron chi connectivity index (χ4n) is 2.95. The second kappa shape index (κ2) is 8.25. The quantitative estimate of drug-likeness (QED) is 0.639. The van der Waals surface area contributed by atoms with Crippen molar-refractivity contribution in [1.82, 2.24) is 14.3 Å². The Morgan fingerprint density at radius 1 is 1.03 bits per heavy atom. The van der Waals surface area contributed by atoms with Gasteiger partial charge in [-0.2, -0.15) is 0 Å². The summed E-state index contributed by atoms with van der Waals surface area (Å²) in [6, 6.07) is 11.3. The molecule has 0 aliphatic carbocycles. The Kier molecular flexibility index (Phi) is 5.51. The van der Waals surface area contributed by atoms with Crippen molar-refractivity contribution in [2.75, 3.05) is 19.8 Å². The van der Waals surface area contributed by atoms with E-state index in [2.05, 4.69) is 9.71 Å². The lowest BCUT2D eigenvalue weighted by molar-refractivity contribution is 0.171. The van der Waals surface area contributed by atoms with Crippen LogP contribution in [0.15, 0.2) is 64.5 Å². The lowest BCUT2D eigenvalue weighted by atomic mass is 10.1. The van der Waals surface area contributed by atoms with Gasteiger partial charge >= 0.3 is 0 Å². The molecule has 1 aliphatic rings. The topological polar surface area (TPSA) is 99.5 Å². The van der Waals surface area contributed by atoms with E-state index >= 15 is 0 Å². The number of hydrogen-bond acceptors (Lipinski definition) is 6. The zero-order valence-electron chi connectivity index (χ0n) is 15.7. The van der Waals surface area contributed by atoms with Gasteiger partial charge in [0, 0.05) is 30.8 Å². The average molecular weight is 431 g/mol. The average Bonchev–Trinajstić information content (AvgIpc) is 2.75. The van der Waals surface area contributed by atoms with Crippen LogP contribution in [-0.4, -0.2) is 37.7 Å². The first-order valence-electron chi connectivity index (χ1n) is 9.14. The van der Waals surface area contributed by atoms with Gasteiger partial charge in [0.15, 0.2) is 11.5 Å². The molecule has 1 aromatic heterocycles. The van der Waals surface area contributed by atoms with Crippen LogP contribution in [0.5, 0.6) is 11.5 Å². The molecule has 0 fully saturated rings. The van der Waals surface area contributed by atoms with Gasteiger partial charge in [0.05, 0.1) is 16.9 Å². The minimum atomic E-state index is -3.79. The number of aromatic nitrogens is 2. The summed E-state index contributed by atoms with van der Waals surface area (Å²) < 4.78 is 52.6. The van der Waals surface area contributed by atoms with Crippen molar-refractivity contribution in [1.29, 1.82) is 0 Å². The number of rotatable bonds is 6. The van der Waals surface area contributed by atoms with Crippen LogP contribution in [0.1, 0.15) is 0 Å². The Morgan fingerprint density at radius 3 is 2.50 bits per heavy atom. The van der Waals surface area contributed by atoms with Crippen LogP contribution in [-0.2, 0) is 16.6 Å². The van der Waals surface area contributed by atoms with E-state index in [0.29, 0.717) is 36.0 Å². The molecule has 0 saturated carbocycles. The molecule has 0 unspecified atom stereocenters. The molecule has 0 atom stereocenters. The van der Waals surface area contributed by atoms with E-state index < -0.39 is 10.0 Å². The van der Waals surface area contributed by atoms with E-state index in [0.717, 1.165) is 0 Å². The highest BCUT2D eigenvalue weighted by Crippen LogP contribution is 2.32. The van der Waals surface area contributed by atoms with E-state index in [4.69, 9.17) is 9.47 Å². The summed E-state index contributed by atoms with van der Waals surface area (Å²) in [5.41, 5.74) is 0.677. The molecule has 10 heteroatoms. The van der Waals surface area contributed by atoms with Crippen LogP contribution in [0.2, 0.25) is 0 Å². The third kappa shape index (κ3) is 4.34. The molecule has 0 spiro atoms. The zero-order chi connectivity index (χ0) is 21.1. The number of halogens is 1. The van der Waals surface area contributed by atoms with Crippen molar-refractivity contribution < 1.29 is 22.3 Å². The predicted molar refractivity (Wildman–Crippen MR) is 107 cm³/mol. The minimum Gasteiger partial charge on any atom is -0.486 e. The maximum atomic E-state index is 13.0. The van der Waals surface area contributed by atoms with Crippen molar-refractivity contribution in [3.63, 3.8) is 0 Å². The van der Waals surface area contributed by atoms with Gasteiger partial charge in [0.2, 0.25) is 10.0 Å². The maximum Gasteiger partial charge on any atom is 0.253 e. The summed E-state index contributed by atoms with van der Waals surface area (Å²) in [4.78, 5) is 16.5. The zero-order valence-corrected chi connectivity index (χ0v) is 16.6. The number of benzene rings is 2. The molecular weight excluding hydrogens is 413 g/mol. The third-order valence-electron chi connectivity index (χ3n) is 4.49. The monoisotopic (exact) mass is 431 g/mol. The van der Waals surface area contributed by atoms with Gasteiger partial charge in [-0.25, -0.2) is 22.5 Å². The lowest BCUT2D eigenvalue weighted by Gasteiger charge is -2.19. The normalized spacial score (nSPS) is 13.2. The highest BCUT2D eigenvalue weighted by molar-refractivity contribution is 7.89. The minimum absolute atomic E-state index is 0.00570. The maximum absolute atomic E-state index is 13.0.